The van der Waals surface area contributed by atoms with E-state index in [0.29, 0.717) is 17.9 Å². The highest BCUT2D eigenvalue weighted by Gasteiger charge is 2.25. The summed E-state index contributed by atoms with van der Waals surface area (Å²) >= 11 is 0. The minimum Gasteiger partial charge on any atom is -0.381 e. The Morgan fingerprint density at radius 1 is 1.50 bits per heavy atom. The smallest absolute Gasteiger partial charge is 0.165 e. The van der Waals surface area contributed by atoms with Gasteiger partial charge in [0.05, 0.1) is 12.2 Å². The van der Waals surface area contributed by atoms with Crippen molar-refractivity contribution in [2.45, 2.75) is 37.8 Å². The standard InChI is InChI=1S/C9H17N5/c1-11-7-4-2-3-5-8(7)14-6-9(10)12-13-14/h6-8,11H,2-5,10H2,1H3. The molecule has 3 N–H and O–H groups in total. The first-order valence-electron chi connectivity index (χ1n) is 5.16. The Hall–Kier alpha value is -1.10. The van der Waals surface area contributed by atoms with Crippen LogP contribution in [0.4, 0.5) is 5.82 Å². The van der Waals surface area contributed by atoms with Crippen LogP contribution >= 0.6 is 0 Å². The van der Waals surface area contributed by atoms with Crippen molar-refractivity contribution in [3.05, 3.63) is 6.20 Å². The summed E-state index contributed by atoms with van der Waals surface area (Å²) in [6.45, 7) is 0. The van der Waals surface area contributed by atoms with Gasteiger partial charge in [-0.25, -0.2) is 4.68 Å². The molecule has 1 aromatic rings. The molecule has 0 saturated heterocycles. The van der Waals surface area contributed by atoms with Crippen LogP contribution in [0.2, 0.25) is 0 Å². The number of anilines is 1. The average Bonchev–Trinajstić information content (AvgIpc) is 2.65. The number of nitrogens with zero attached hydrogens (tertiary/aromatic N) is 3. The number of hydrogen-bond donors (Lipinski definition) is 2. The van der Waals surface area contributed by atoms with Crippen molar-refractivity contribution < 1.29 is 0 Å². The SMILES string of the molecule is CNC1CCCCC1n1cc(N)nn1. The fraction of sp³-hybridized carbons (Fsp3) is 0.778. The van der Waals surface area contributed by atoms with Gasteiger partial charge in [-0.05, 0) is 19.9 Å². The highest BCUT2D eigenvalue weighted by atomic mass is 15.4. The molecule has 14 heavy (non-hydrogen) atoms. The summed E-state index contributed by atoms with van der Waals surface area (Å²) < 4.78 is 1.90. The van der Waals surface area contributed by atoms with Crippen molar-refractivity contribution in [2.24, 2.45) is 0 Å². The number of nitrogens with one attached hydrogen (secondary N) is 1. The summed E-state index contributed by atoms with van der Waals surface area (Å²) in [5.74, 6) is 0.505. The van der Waals surface area contributed by atoms with E-state index >= 15 is 0 Å². The molecular weight excluding hydrogens is 178 g/mol. The maximum atomic E-state index is 5.56. The van der Waals surface area contributed by atoms with Crippen LogP contribution < -0.4 is 11.1 Å². The van der Waals surface area contributed by atoms with Crippen LogP contribution in [0.15, 0.2) is 6.20 Å². The molecule has 2 atom stereocenters. The van der Waals surface area contributed by atoms with Crippen molar-refractivity contribution in [2.75, 3.05) is 12.8 Å². The van der Waals surface area contributed by atoms with E-state index in [-0.39, 0.29) is 0 Å². The molecule has 0 bridgehead atoms. The lowest BCUT2D eigenvalue weighted by Crippen LogP contribution is -2.37. The average molecular weight is 195 g/mol. The highest BCUT2D eigenvalue weighted by Crippen LogP contribution is 2.27. The predicted octanol–water partition coefficient (Wildman–Crippen LogP) is 0.563. The van der Waals surface area contributed by atoms with Crippen LogP contribution in [0.3, 0.4) is 0 Å². The second-order valence-corrected chi connectivity index (χ2v) is 3.87. The van der Waals surface area contributed by atoms with E-state index in [4.69, 9.17) is 5.73 Å². The Bertz CT molecular complexity index is 295. The highest BCUT2D eigenvalue weighted by molar-refractivity contribution is 5.20. The third-order valence-corrected chi connectivity index (χ3v) is 2.97. The molecule has 1 aliphatic carbocycles. The lowest BCUT2D eigenvalue weighted by molar-refractivity contribution is 0.254. The Balaban J connectivity index is 2.14. The van der Waals surface area contributed by atoms with Gasteiger partial charge in [0.25, 0.3) is 0 Å². The van der Waals surface area contributed by atoms with Crippen LogP contribution in [-0.4, -0.2) is 28.1 Å². The molecule has 0 aliphatic heterocycles. The summed E-state index contributed by atoms with van der Waals surface area (Å²) in [6, 6.07) is 0.920. The normalized spacial score (nSPS) is 27.8. The van der Waals surface area contributed by atoms with Crippen molar-refractivity contribution in [1.82, 2.24) is 20.3 Å². The fourth-order valence-corrected chi connectivity index (χ4v) is 2.22. The fourth-order valence-electron chi connectivity index (χ4n) is 2.22. The van der Waals surface area contributed by atoms with Gasteiger partial charge in [0.2, 0.25) is 0 Å². The maximum Gasteiger partial charge on any atom is 0.165 e. The molecule has 1 heterocycles. The van der Waals surface area contributed by atoms with Gasteiger partial charge in [0.15, 0.2) is 5.82 Å². The molecule has 2 rings (SSSR count). The third-order valence-electron chi connectivity index (χ3n) is 2.97. The lowest BCUT2D eigenvalue weighted by atomic mass is 9.90. The zero-order valence-electron chi connectivity index (χ0n) is 8.48. The van der Waals surface area contributed by atoms with Gasteiger partial charge in [-0.15, -0.1) is 5.10 Å². The summed E-state index contributed by atoms with van der Waals surface area (Å²) in [4.78, 5) is 0. The first-order valence-corrected chi connectivity index (χ1v) is 5.16. The lowest BCUT2D eigenvalue weighted by Gasteiger charge is -2.30. The minimum atomic E-state index is 0.415. The van der Waals surface area contributed by atoms with Crippen LogP contribution in [0.5, 0.6) is 0 Å². The summed E-state index contributed by atoms with van der Waals surface area (Å²) in [5, 5.41) is 11.2. The van der Waals surface area contributed by atoms with Gasteiger partial charge >= 0.3 is 0 Å². The molecule has 1 fully saturated rings. The Labute approximate surface area is 83.7 Å². The third kappa shape index (κ3) is 1.72. The zero-order chi connectivity index (χ0) is 9.97. The molecule has 1 saturated carbocycles. The number of aromatic nitrogens is 3. The van der Waals surface area contributed by atoms with Gasteiger partial charge in [0, 0.05) is 6.04 Å². The van der Waals surface area contributed by atoms with Crippen molar-refractivity contribution >= 4 is 5.82 Å². The number of nitrogens with two attached hydrogens (primary N) is 1. The number of nitrogen functional groups attached to an aromatic ring is 1. The number of likely N-dealkylation sites (N-methyl/N-ethyl adjacent to an activating group) is 1. The topological polar surface area (TPSA) is 68.8 Å². The molecule has 2 unspecified atom stereocenters. The van der Waals surface area contributed by atoms with Gasteiger partial charge in [-0.2, -0.15) is 0 Å². The van der Waals surface area contributed by atoms with E-state index in [2.05, 4.69) is 15.6 Å². The quantitative estimate of drug-likeness (QED) is 0.723. The molecule has 0 radical (unpaired) electrons. The van der Waals surface area contributed by atoms with Crippen LogP contribution in [0.1, 0.15) is 31.7 Å². The molecule has 1 aromatic heterocycles. The molecule has 5 heteroatoms. The first-order chi connectivity index (χ1) is 6.81. The molecule has 0 aromatic carbocycles. The summed E-state index contributed by atoms with van der Waals surface area (Å²) in [6.07, 6.45) is 6.75. The molecular formula is C9H17N5. The number of rotatable bonds is 2. The van der Waals surface area contributed by atoms with E-state index in [1.807, 2.05) is 17.9 Å². The second-order valence-electron chi connectivity index (χ2n) is 3.87. The van der Waals surface area contributed by atoms with Crippen LogP contribution in [-0.2, 0) is 0 Å². The van der Waals surface area contributed by atoms with Gasteiger partial charge in [-0.1, -0.05) is 18.1 Å². The summed E-state index contributed by atoms with van der Waals surface area (Å²) in [5.41, 5.74) is 5.56. The van der Waals surface area contributed by atoms with Crippen LogP contribution in [0, 0.1) is 0 Å². The van der Waals surface area contributed by atoms with E-state index in [0.717, 1.165) is 6.42 Å². The van der Waals surface area contributed by atoms with Crippen molar-refractivity contribution in [3.63, 3.8) is 0 Å². The molecule has 5 nitrogen and oxygen atoms in total. The maximum absolute atomic E-state index is 5.56. The Kier molecular flexibility index (Phi) is 2.67. The monoisotopic (exact) mass is 195 g/mol. The van der Waals surface area contributed by atoms with Crippen LogP contribution in [0.25, 0.3) is 0 Å². The first kappa shape index (κ1) is 9.45. The van der Waals surface area contributed by atoms with E-state index in [1.54, 1.807) is 0 Å². The van der Waals surface area contributed by atoms with Gasteiger partial charge in [0.1, 0.15) is 0 Å². The Morgan fingerprint density at radius 3 is 2.93 bits per heavy atom. The van der Waals surface area contributed by atoms with Crippen molar-refractivity contribution in [1.29, 1.82) is 0 Å². The predicted molar refractivity (Wildman–Crippen MR) is 54.8 cm³/mol. The van der Waals surface area contributed by atoms with Gasteiger partial charge < -0.3 is 11.1 Å². The second kappa shape index (κ2) is 3.96. The molecule has 0 spiro atoms. The van der Waals surface area contributed by atoms with Crippen molar-refractivity contribution in [3.8, 4) is 0 Å². The zero-order valence-corrected chi connectivity index (χ0v) is 8.48. The largest absolute Gasteiger partial charge is 0.381 e. The van der Waals surface area contributed by atoms with E-state index in [9.17, 15) is 0 Å². The Morgan fingerprint density at radius 2 is 2.29 bits per heavy atom. The number of hydrogen-bond acceptors (Lipinski definition) is 4. The van der Waals surface area contributed by atoms with E-state index in [1.165, 1.54) is 19.3 Å². The van der Waals surface area contributed by atoms with Gasteiger partial charge in [-0.3, -0.25) is 0 Å². The molecule has 1 aliphatic rings. The summed E-state index contributed by atoms with van der Waals surface area (Å²) in [7, 11) is 2.00. The molecule has 0 amide bonds. The molecule has 78 valence electrons. The van der Waals surface area contributed by atoms with E-state index < -0.39 is 0 Å². The minimum absolute atomic E-state index is 0.415.